The maximum atomic E-state index is 5.48. The van der Waals surface area contributed by atoms with Gasteiger partial charge in [-0.3, -0.25) is 0 Å². The Morgan fingerprint density at radius 1 is 1.27 bits per heavy atom. The van der Waals surface area contributed by atoms with Crippen LogP contribution in [0.25, 0.3) is 0 Å². The van der Waals surface area contributed by atoms with E-state index in [0.717, 1.165) is 13.0 Å². The van der Waals surface area contributed by atoms with Gasteiger partial charge in [-0.2, -0.15) is 0 Å². The molecule has 0 saturated carbocycles. The summed E-state index contributed by atoms with van der Waals surface area (Å²) in [4.78, 5) is 0. The molecule has 0 rings (SSSR count). The van der Waals surface area contributed by atoms with Crippen molar-refractivity contribution in [3.8, 4) is 0 Å². The van der Waals surface area contributed by atoms with Gasteiger partial charge in [0.1, 0.15) is 0 Å². The molecule has 0 N–H and O–H groups in total. The molecule has 0 saturated heterocycles. The predicted octanol–water partition coefficient (Wildman–Crippen LogP) is 3.20. The first-order valence-corrected chi connectivity index (χ1v) is 4.72. The van der Waals surface area contributed by atoms with E-state index in [4.69, 9.17) is 4.74 Å². The van der Waals surface area contributed by atoms with Crippen LogP contribution in [0.2, 0.25) is 0 Å². The minimum atomic E-state index is 0.344. The summed E-state index contributed by atoms with van der Waals surface area (Å²) in [6.07, 6.45) is 6.37. The highest BCUT2D eigenvalue weighted by atomic mass is 16.5. The second-order valence-electron chi connectivity index (χ2n) is 3.03. The summed E-state index contributed by atoms with van der Waals surface area (Å²) < 4.78 is 5.48. The zero-order chi connectivity index (χ0) is 8.53. The summed E-state index contributed by atoms with van der Waals surface area (Å²) in [6, 6.07) is 0. The van der Waals surface area contributed by atoms with Crippen LogP contribution < -0.4 is 0 Å². The average molecular weight is 157 g/mol. The molecule has 0 heterocycles. The van der Waals surface area contributed by atoms with Gasteiger partial charge in [-0.25, -0.2) is 0 Å². The number of hydrogen-bond acceptors (Lipinski definition) is 1. The lowest BCUT2D eigenvalue weighted by molar-refractivity contribution is 0.0648. The van der Waals surface area contributed by atoms with Crippen LogP contribution >= 0.6 is 0 Å². The van der Waals surface area contributed by atoms with Gasteiger partial charge < -0.3 is 4.74 Å². The molecular formula is C10H21O. The summed E-state index contributed by atoms with van der Waals surface area (Å²) in [5.41, 5.74) is 0. The lowest BCUT2D eigenvalue weighted by atomic mass is 10.2. The normalized spacial score (nSPS) is 13.4. The summed E-state index contributed by atoms with van der Waals surface area (Å²) in [5.74, 6) is 0. The van der Waals surface area contributed by atoms with E-state index < -0.39 is 0 Å². The van der Waals surface area contributed by atoms with Crippen LogP contribution in [0.4, 0.5) is 0 Å². The Morgan fingerprint density at radius 2 is 2.00 bits per heavy atom. The minimum Gasteiger partial charge on any atom is -0.379 e. The van der Waals surface area contributed by atoms with E-state index in [1.165, 1.54) is 25.7 Å². The second-order valence-corrected chi connectivity index (χ2v) is 3.03. The standard InChI is InChI=1S/C10H21O/c1-4-6-7-8-9-11-10(3)5-2/h10H,2,4-9H2,1,3H3. The number of unbranched alkanes of at least 4 members (excludes halogenated alkanes) is 3. The summed E-state index contributed by atoms with van der Waals surface area (Å²) in [7, 11) is 0. The fourth-order valence-electron chi connectivity index (χ4n) is 0.897. The Morgan fingerprint density at radius 3 is 2.55 bits per heavy atom. The van der Waals surface area contributed by atoms with Crippen LogP contribution in [0.15, 0.2) is 0 Å². The molecule has 0 fully saturated rings. The van der Waals surface area contributed by atoms with Gasteiger partial charge in [0, 0.05) is 6.61 Å². The first-order valence-electron chi connectivity index (χ1n) is 4.72. The summed E-state index contributed by atoms with van der Waals surface area (Å²) >= 11 is 0. The summed E-state index contributed by atoms with van der Waals surface area (Å²) in [6.45, 7) is 8.99. The molecule has 0 aromatic heterocycles. The van der Waals surface area contributed by atoms with Crippen molar-refractivity contribution in [1.29, 1.82) is 0 Å². The van der Waals surface area contributed by atoms with Gasteiger partial charge in [-0.1, -0.05) is 33.1 Å². The van der Waals surface area contributed by atoms with Crippen molar-refractivity contribution >= 4 is 0 Å². The van der Waals surface area contributed by atoms with Gasteiger partial charge in [-0.05, 0) is 19.8 Å². The first-order chi connectivity index (χ1) is 5.31. The molecule has 0 aliphatic carbocycles. The third-order valence-electron chi connectivity index (χ3n) is 1.81. The fraction of sp³-hybridized carbons (Fsp3) is 0.900. The van der Waals surface area contributed by atoms with Gasteiger partial charge in [0.15, 0.2) is 0 Å². The molecule has 0 bridgehead atoms. The van der Waals surface area contributed by atoms with E-state index in [0.29, 0.717) is 6.10 Å². The molecule has 1 atom stereocenters. The third kappa shape index (κ3) is 7.86. The van der Waals surface area contributed by atoms with E-state index in [9.17, 15) is 0 Å². The Hall–Kier alpha value is -0.0400. The van der Waals surface area contributed by atoms with Crippen LogP contribution in [0.1, 0.15) is 46.0 Å². The van der Waals surface area contributed by atoms with Crippen molar-refractivity contribution in [2.75, 3.05) is 6.61 Å². The Kier molecular flexibility index (Phi) is 8.03. The number of ether oxygens (including phenoxy) is 1. The fourth-order valence-corrected chi connectivity index (χ4v) is 0.897. The lowest BCUT2D eigenvalue weighted by Gasteiger charge is -2.09. The molecule has 0 aliphatic heterocycles. The molecule has 0 amide bonds. The second kappa shape index (κ2) is 8.06. The largest absolute Gasteiger partial charge is 0.379 e. The predicted molar refractivity (Wildman–Crippen MR) is 49.5 cm³/mol. The van der Waals surface area contributed by atoms with Crippen molar-refractivity contribution < 1.29 is 4.74 Å². The average Bonchev–Trinajstić information content (AvgIpc) is 2.04. The van der Waals surface area contributed by atoms with E-state index in [1.54, 1.807) is 0 Å². The first kappa shape index (κ1) is 11.0. The molecule has 1 radical (unpaired) electrons. The molecule has 0 aromatic carbocycles. The van der Waals surface area contributed by atoms with E-state index in [-0.39, 0.29) is 0 Å². The Labute approximate surface area is 71.1 Å². The summed E-state index contributed by atoms with van der Waals surface area (Å²) in [5, 5.41) is 0. The number of hydrogen-bond donors (Lipinski definition) is 0. The van der Waals surface area contributed by atoms with Gasteiger partial charge in [0.05, 0.1) is 6.10 Å². The van der Waals surface area contributed by atoms with Crippen molar-refractivity contribution in [1.82, 2.24) is 0 Å². The highest BCUT2D eigenvalue weighted by Gasteiger charge is 1.96. The van der Waals surface area contributed by atoms with E-state index in [2.05, 4.69) is 20.8 Å². The van der Waals surface area contributed by atoms with Crippen LogP contribution in [-0.4, -0.2) is 12.7 Å². The van der Waals surface area contributed by atoms with Gasteiger partial charge in [-0.15, -0.1) is 0 Å². The highest BCUT2D eigenvalue weighted by molar-refractivity contribution is 4.50. The van der Waals surface area contributed by atoms with Crippen LogP contribution in [0.5, 0.6) is 0 Å². The van der Waals surface area contributed by atoms with Gasteiger partial charge in [0.25, 0.3) is 0 Å². The smallest absolute Gasteiger partial charge is 0.0547 e. The molecule has 0 spiro atoms. The van der Waals surface area contributed by atoms with E-state index in [1.807, 2.05) is 0 Å². The highest BCUT2D eigenvalue weighted by Crippen LogP contribution is 2.01. The van der Waals surface area contributed by atoms with Crippen molar-refractivity contribution in [2.45, 2.75) is 52.1 Å². The van der Waals surface area contributed by atoms with Crippen molar-refractivity contribution in [2.24, 2.45) is 0 Å². The van der Waals surface area contributed by atoms with Crippen molar-refractivity contribution in [3.05, 3.63) is 6.92 Å². The quantitative estimate of drug-likeness (QED) is 0.516. The van der Waals surface area contributed by atoms with Gasteiger partial charge >= 0.3 is 0 Å². The van der Waals surface area contributed by atoms with Gasteiger partial charge in [0.2, 0.25) is 0 Å². The topological polar surface area (TPSA) is 9.23 Å². The molecule has 67 valence electrons. The maximum absolute atomic E-state index is 5.48. The molecule has 0 aromatic rings. The molecule has 0 aliphatic rings. The number of rotatable bonds is 7. The molecule has 11 heavy (non-hydrogen) atoms. The van der Waals surface area contributed by atoms with E-state index >= 15 is 0 Å². The zero-order valence-electron chi connectivity index (χ0n) is 7.94. The monoisotopic (exact) mass is 157 g/mol. The van der Waals surface area contributed by atoms with Crippen LogP contribution in [0.3, 0.4) is 0 Å². The molecule has 1 heteroatoms. The Bertz CT molecular complexity index is 71.3. The molecular weight excluding hydrogens is 136 g/mol. The van der Waals surface area contributed by atoms with Crippen LogP contribution in [0, 0.1) is 6.92 Å². The Balaban J connectivity index is 2.89. The lowest BCUT2D eigenvalue weighted by Crippen LogP contribution is -2.07. The maximum Gasteiger partial charge on any atom is 0.0547 e. The molecule has 1 unspecified atom stereocenters. The van der Waals surface area contributed by atoms with Crippen molar-refractivity contribution in [3.63, 3.8) is 0 Å². The zero-order valence-corrected chi connectivity index (χ0v) is 7.94. The third-order valence-corrected chi connectivity index (χ3v) is 1.81. The molecule has 1 nitrogen and oxygen atoms in total. The SMILES string of the molecule is [CH2]CC(C)OCCCCCC. The minimum absolute atomic E-state index is 0.344. The van der Waals surface area contributed by atoms with Crippen LogP contribution in [-0.2, 0) is 4.74 Å².